The van der Waals surface area contributed by atoms with E-state index in [1.165, 1.54) is 35.7 Å². The van der Waals surface area contributed by atoms with Crippen molar-refractivity contribution < 1.29 is 0 Å². The molecular weight excluding hydrogens is 218 g/mol. The standard InChI is InChI=1S/C12H21N3S/c1-3-7-13-8-11-9-14-12(16-11)15(2)10-5-4-6-10/h9-10,13H,3-8H2,1-2H3. The van der Waals surface area contributed by atoms with Crippen LogP contribution >= 0.6 is 11.3 Å². The Kier molecular flexibility index (Phi) is 4.18. The third kappa shape index (κ3) is 2.74. The monoisotopic (exact) mass is 239 g/mol. The lowest BCUT2D eigenvalue weighted by Gasteiger charge is -2.34. The van der Waals surface area contributed by atoms with E-state index in [0.717, 1.165) is 19.1 Å². The predicted molar refractivity (Wildman–Crippen MR) is 70.2 cm³/mol. The largest absolute Gasteiger partial charge is 0.348 e. The maximum atomic E-state index is 4.50. The maximum Gasteiger partial charge on any atom is 0.185 e. The predicted octanol–water partition coefficient (Wildman–Crippen LogP) is 2.63. The van der Waals surface area contributed by atoms with Crippen LogP contribution in [0.4, 0.5) is 5.13 Å². The fourth-order valence-electron chi connectivity index (χ4n) is 1.86. The first-order valence-corrected chi connectivity index (χ1v) is 7.01. The van der Waals surface area contributed by atoms with Gasteiger partial charge in [-0.05, 0) is 32.2 Å². The molecule has 0 unspecified atom stereocenters. The lowest BCUT2D eigenvalue weighted by molar-refractivity contribution is 0.401. The maximum absolute atomic E-state index is 4.50. The zero-order valence-electron chi connectivity index (χ0n) is 10.2. The smallest absolute Gasteiger partial charge is 0.185 e. The summed E-state index contributed by atoms with van der Waals surface area (Å²) in [6.07, 6.45) is 7.25. The SMILES string of the molecule is CCCNCc1cnc(N(C)C2CCC2)s1. The van der Waals surface area contributed by atoms with Crippen molar-refractivity contribution in [2.75, 3.05) is 18.5 Å². The molecule has 0 spiro atoms. The summed E-state index contributed by atoms with van der Waals surface area (Å²) in [4.78, 5) is 8.19. The van der Waals surface area contributed by atoms with Crippen molar-refractivity contribution in [2.45, 2.75) is 45.2 Å². The molecule has 90 valence electrons. The van der Waals surface area contributed by atoms with Crippen molar-refractivity contribution in [1.29, 1.82) is 0 Å². The van der Waals surface area contributed by atoms with E-state index in [-0.39, 0.29) is 0 Å². The number of nitrogens with zero attached hydrogens (tertiary/aromatic N) is 2. The van der Waals surface area contributed by atoms with Gasteiger partial charge in [0.15, 0.2) is 5.13 Å². The summed E-state index contributed by atoms with van der Waals surface area (Å²) < 4.78 is 0. The lowest BCUT2D eigenvalue weighted by atomic mass is 9.92. The van der Waals surface area contributed by atoms with Gasteiger partial charge in [-0.25, -0.2) is 4.98 Å². The number of nitrogens with one attached hydrogen (secondary N) is 1. The summed E-state index contributed by atoms with van der Waals surface area (Å²) in [6, 6.07) is 0.739. The highest BCUT2D eigenvalue weighted by molar-refractivity contribution is 7.15. The first-order chi connectivity index (χ1) is 7.81. The Morgan fingerprint density at radius 2 is 2.38 bits per heavy atom. The number of rotatable bonds is 6. The second-order valence-corrected chi connectivity index (χ2v) is 5.58. The van der Waals surface area contributed by atoms with Crippen LogP contribution in [0.3, 0.4) is 0 Å². The first-order valence-electron chi connectivity index (χ1n) is 6.19. The van der Waals surface area contributed by atoms with Crippen molar-refractivity contribution in [3.63, 3.8) is 0 Å². The number of anilines is 1. The molecule has 1 aromatic rings. The highest BCUT2D eigenvalue weighted by Crippen LogP contribution is 2.30. The Morgan fingerprint density at radius 1 is 1.56 bits per heavy atom. The fourth-order valence-corrected chi connectivity index (χ4v) is 2.77. The molecule has 2 rings (SSSR count). The van der Waals surface area contributed by atoms with Gasteiger partial charge in [0.25, 0.3) is 0 Å². The molecule has 0 saturated heterocycles. The zero-order valence-corrected chi connectivity index (χ0v) is 11.0. The second kappa shape index (κ2) is 5.64. The van der Waals surface area contributed by atoms with Gasteiger partial charge in [-0.3, -0.25) is 0 Å². The topological polar surface area (TPSA) is 28.2 Å². The molecule has 16 heavy (non-hydrogen) atoms. The van der Waals surface area contributed by atoms with E-state index < -0.39 is 0 Å². The van der Waals surface area contributed by atoms with Crippen molar-refractivity contribution in [3.8, 4) is 0 Å². The Morgan fingerprint density at radius 3 is 3.00 bits per heavy atom. The van der Waals surface area contributed by atoms with E-state index >= 15 is 0 Å². The molecule has 1 aliphatic rings. The number of hydrogen-bond donors (Lipinski definition) is 1. The molecule has 4 heteroatoms. The van der Waals surface area contributed by atoms with Gasteiger partial charge in [0.2, 0.25) is 0 Å². The summed E-state index contributed by atoms with van der Waals surface area (Å²) in [6.45, 7) is 4.24. The van der Waals surface area contributed by atoms with E-state index in [0.29, 0.717) is 0 Å². The molecule has 0 radical (unpaired) electrons. The van der Waals surface area contributed by atoms with Gasteiger partial charge in [0.1, 0.15) is 0 Å². The number of thiazole rings is 1. The summed E-state index contributed by atoms with van der Waals surface area (Å²) in [5.74, 6) is 0. The van der Waals surface area contributed by atoms with E-state index in [1.807, 2.05) is 17.5 Å². The van der Waals surface area contributed by atoms with Gasteiger partial charge in [0, 0.05) is 30.7 Å². The van der Waals surface area contributed by atoms with Crippen LogP contribution in [0.25, 0.3) is 0 Å². The van der Waals surface area contributed by atoms with Gasteiger partial charge >= 0.3 is 0 Å². The first kappa shape index (κ1) is 11.9. The van der Waals surface area contributed by atoms with Crippen LogP contribution in [0, 0.1) is 0 Å². The van der Waals surface area contributed by atoms with E-state index in [4.69, 9.17) is 0 Å². The lowest BCUT2D eigenvalue weighted by Crippen LogP contribution is -2.36. The zero-order chi connectivity index (χ0) is 11.4. The molecule has 1 N–H and O–H groups in total. The summed E-state index contributed by atoms with van der Waals surface area (Å²) in [7, 11) is 2.17. The molecule has 0 aromatic carbocycles. The van der Waals surface area contributed by atoms with Crippen LogP contribution in [-0.4, -0.2) is 24.6 Å². The molecule has 1 heterocycles. The van der Waals surface area contributed by atoms with Crippen LogP contribution in [-0.2, 0) is 6.54 Å². The van der Waals surface area contributed by atoms with Crippen LogP contribution in [0.15, 0.2) is 6.20 Å². The van der Waals surface area contributed by atoms with Crippen LogP contribution in [0.2, 0.25) is 0 Å². The molecule has 3 nitrogen and oxygen atoms in total. The van der Waals surface area contributed by atoms with Gasteiger partial charge in [-0.2, -0.15) is 0 Å². The van der Waals surface area contributed by atoms with Crippen LogP contribution in [0.1, 0.15) is 37.5 Å². The molecule has 1 aromatic heterocycles. The molecule has 0 amide bonds. The van der Waals surface area contributed by atoms with Crippen molar-refractivity contribution in [2.24, 2.45) is 0 Å². The number of aromatic nitrogens is 1. The highest BCUT2D eigenvalue weighted by Gasteiger charge is 2.23. The summed E-state index contributed by atoms with van der Waals surface area (Å²) in [5, 5.41) is 4.59. The molecule has 1 fully saturated rings. The molecule has 1 saturated carbocycles. The summed E-state index contributed by atoms with van der Waals surface area (Å²) >= 11 is 1.82. The van der Waals surface area contributed by atoms with Crippen molar-refractivity contribution in [1.82, 2.24) is 10.3 Å². The van der Waals surface area contributed by atoms with Crippen LogP contribution < -0.4 is 10.2 Å². The molecule has 0 aliphatic heterocycles. The van der Waals surface area contributed by atoms with Crippen molar-refractivity contribution >= 4 is 16.5 Å². The molecular formula is C12H21N3S. The third-order valence-corrected chi connectivity index (χ3v) is 4.28. The van der Waals surface area contributed by atoms with Gasteiger partial charge in [0.05, 0.1) is 0 Å². The fraction of sp³-hybridized carbons (Fsp3) is 0.750. The minimum Gasteiger partial charge on any atom is -0.348 e. The summed E-state index contributed by atoms with van der Waals surface area (Å²) in [5.41, 5.74) is 0. The Labute approximate surface area is 102 Å². The minimum atomic E-state index is 0.739. The normalized spacial score (nSPS) is 16.1. The van der Waals surface area contributed by atoms with Gasteiger partial charge in [-0.15, -0.1) is 11.3 Å². The van der Waals surface area contributed by atoms with Crippen LogP contribution in [0.5, 0.6) is 0 Å². The average Bonchev–Trinajstić information content (AvgIpc) is 2.64. The van der Waals surface area contributed by atoms with E-state index in [2.05, 4.69) is 29.2 Å². The average molecular weight is 239 g/mol. The Bertz CT molecular complexity index is 320. The Hall–Kier alpha value is -0.610. The second-order valence-electron chi connectivity index (χ2n) is 4.48. The van der Waals surface area contributed by atoms with E-state index in [9.17, 15) is 0 Å². The molecule has 0 bridgehead atoms. The van der Waals surface area contributed by atoms with Gasteiger partial charge in [-0.1, -0.05) is 6.92 Å². The molecule has 1 aliphatic carbocycles. The quantitative estimate of drug-likeness (QED) is 0.774. The molecule has 0 atom stereocenters. The third-order valence-electron chi connectivity index (χ3n) is 3.19. The highest BCUT2D eigenvalue weighted by atomic mass is 32.1. The Balaban J connectivity index is 1.85. The van der Waals surface area contributed by atoms with E-state index in [1.54, 1.807) is 0 Å². The minimum absolute atomic E-state index is 0.739. The van der Waals surface area contributed by atoms with Gasteiger partial charge < -0.3 is 10.2 Å². The number of hydrogen-bond acceptors (Lipinski definition) is 4. The van der Waals surface area contributed by atoms with Crippen molar-refractivity contribution in [3.05, 3.63) is 11.1 Å².